The SMILES string of the molecule is CC(Cl)OC(=O)Cl.C[C@@H]1CN(c2ccc(OCCO)cc2)[C@H](c2ccc(Cl)cc2)CN1.C[C@@H]1CN(c2ccc(OCCOC3CCCCO3)cc2)[C@H](c2ccc(Cl)cc2)CN1Cc1ccccc1. The fourth-order valence-electron chi connectivity index (χ4n) is 8.44. The average molecular weight is 1010 g/mol. The Morgan fingerprint density at radius 1 is 0.735 bits per heavy atom. The fourth-order valence-corrected chi connectivity index (χ4v) is 8.95. The van der Waals surface area contributed by atoms with E-state index < -0.39 is 11.0 Å². The lowest BCUT2D eigenvalue weighted by molar-refractivity contribution is -0.165. The van der Waals surface area contributed by atoms with Crippen molar-refractivity contribution >= 4 is 63.2 Å². The van der Waals surface area contributed by atoms with Gasteiger partial charge in [-0.1, -0.05) is 89.4 Å². The Morgan fingerprint density at radius 2 is 1.31 bits per heavy atom. The van der Waals surface area contributed by atoms with Crippen molar-refractivity contribution in [3.63, 3.8) is 0 Å². The molecule has 3 aliphatic rings. The number of ether oxygens (including phenoxy) is 5. The third kappa shape index (κ3) is 17.0. The van der Waals surface area contributed by atoms with Crippen molar-refractivity contribution in [1.29, 1.82) is 0 Å². The normalized spacial score (nSPS) is 21.0. The number of nitrogens with one attached hydrogen (secondary N) is 1. The quantitative estimate of drug-likeness (QED) is 0.0595. The summed E-state index contributed by atoms with van der Waals surface area (Å²) >= 11 is 22.1. The van der Waals surface area contributed by atoms with Crippen LogP contribution in [0.2, 0.25) is 10.0 Å². The highest BCUT2D eigenvalue weighted by Gasteiger charge is 2.33. The molecule has 0 amide bonds. The molecule has 0 aliphatic carbocycles. The summed E-state index contributed by atoms with van der Waals surface area (Å²) in [4.78, 5) is 17.2. The minimum atomic E-state index is -0.873. The standard InChI is InChI=1S/C31H37ClN2O3.C19H23ClN2O2.C3H4Cl2O2/c1-24-21-34(28-14-16-29(17-15-28)35-19-20-37-31-9-5-6-18-36-31)30(26-10-12-27(32)13-11-26)23-33(24)22-25-7-3-2-4-8-25;1-14-13-22(17-6-8-18(9-7-17)24-11-10-23)19(12-21-14)15-2-4-16(20)5-3-15;1-2(4)7-3(5)6/h2-4,7-8,10-17,24,30-31H,5-6,9,18-23H2,1H3;2-9,14,19,21,23H,10-13H2,1H3;2H,1H3/t24-,30+,31?;14-,19+;/m11./s1. The van der Waals surface area contributed by atoms with Gasteiger partial charge >= 0.3 is 5.43 Å². The lowest BCUT2D eigenvalue weighted by Gasteiger charge is -2.47. The molecule has 8 rings (SSSR count). The lowest BCUT2D eigenvalue weighted by atomic mass is 9.98. The van der Waals surface area contributed by atoms with Crippen LogP contribution < -0.4 is 24.6 Å². The summed E-state index contributed by atoms with van der Waals surface area (Å²) in [6, 6.07) is 45.0. The number of carbonyl (C=O) groups excluding carboxylic acids is 1. The Hall–Kier alpha value is -4.27. The third-order valence-electron chi connectivity index (χ3n) is 11.9. The molecular weight excluding hydrogens is 946 g/mol. The number of benzene rings is 5. The molecule has 0 radical (unpaired) electrons. The molecule has 2 N–H and O–H groups in total. The molecule has 0 saturated carbocycles. The smallest absolute Gasteiger partial charge is 0.405 e. The molecular formula is C53H64Cl4N4O7. The van der Waals surface area contributed by atoms with E-state index in [0.29, 0.717) is 31.9 Å². The van der Waals surface area contributed by atoms with Gasteiger partial charge in [-0.15, -0.1) is 0 Å². The van der Waals surface area contributed by atoms with Crippen molar-refractivity contribution in [2.75, 3.05) is 69.0 Å². The first-order valence-electron chi connectivity index (χ1n) is 23.3. The van der Waals surface area contributed by atoms with Gasteiger partial charge < -0.3 is 43.9 Å². The molecule has 6 atom stereocenters. The summed E-state index contributed by atoms with van der Waals surface area (Å²) in [6.45, 7) is 12.9. The first kappa shape index (κ1) is 53.1. The summed E-state index contributed by atoms with van der Waals surface area (Å²) in [7, 11) is 0. The van der Waals surface area contributed by atoms with Crippen LogP contribution in [0, 0.1) is 0 Å². The minimum Gasteiger partial charge on any atom is -0.491 e. The zero-order valence-corrected chi connectivity index (χ0v) is 42.1. The highest BCUT2D eigenvalue weighted by molar-refractivity contribution is 6.61. The molecule has 5 aromatic rings. The number of rotatable bonds is 15. The second-order valence-electron chi connectivity index (χ2n) is 17.0. The average Bonchev–Trinajstić information content (AvgIpc) is 3.34. The van der Waals surface area contributed by atoms with E-state index in [-0.39, 0.29) is 25.0 Å². The van der Waals surface area contributed by atoms with E-state index in [4.69, 9.17) is 70.5 Å². The van der Waals surface area contributed by atoms with Gasteiger partial charge in [0.2, 0.25) is 0 Å². The molecule has 3 heterocycles. The highest BCUT2D eigenvalue weighted by Crippen LogP contribution is 2.35. The zero-order valence-electron chi connectivity index (χ0n) is 39.0. The van der Waals surface area contributed by atoms with Crippen molar-refractivity contribution in [3.8, 4) is 11.5 Å². The van der Waals surface area contributed by atoms with Crippen LogP contribution in [0.25, 0.3) is 0 Å². The van der Waals surface area contributed by atoms with Crippen molar-refractivity contribution in [2.24, 2.45) is 0 Å². The number of hydrogen-bond acceptors (Lipinski definition) is 11. The van der Waals surface area contributed by atoms with Gasteiger partial charge in [-0.3, -0.25) is 4.90 Å². The van der Waals surface area contributed by atoms with E-state index in [1.165, 1.54) is 41.4 Å². The van der Waals surface area contributed by atoms with E-state index in [1.807, 2.05) is 36.4 Å². The van der Waals surface area contributed by atoms with Crippen LogP contribution in [0.1, 0.15) is 68.8 Å². The maximum absolute atomic E-state index is 9.71. The summed E-state index contributed by atoms with van der Waals surface area (Å²) in [6.07, 6.45) is 3.19. The first-order chi connectivity index (χ1) is 32.9. The largest absolute Gasteiger partial charge is 0.491 e. The number of carbonyl (C=O) groups is 1. The summed E-state index contributed by atoms with van der Waals surface area (Å²) in [5, 5.41) is 13.9. The Balaban J connectivity index is 0.000000210. The Bertz CT molecular complexity index is 2200. The number of halogens is 4. The van der Waals surface area contributed by atoms with Crippen LogP contribution in [0.5, 0.6) is 11.5 Å². The van der Waals surface area contributed by atoms with Gasteiger partial charge in [-0.2, -0.15) is 0 Å². The van der Waals surface area contributed by atoms with Gasteiger partial charge in [-0.25, -0.2) is 4.79 Å². The van der Waals surface area contributed by atoms with Crippen LogP contribution >= 0.6 is 46.4 Å². The van der Waals surface area contributed by atoms with E-state index >= 15 is 0 Å². The van der Waals surface area contributed by atoms with Crippen LogP contribution in [0.15, 0.2) is 127 Å². The van der Waals surface area contributed by atoms with Crippen LogP contribution in [-0.4, -0.2) is 98.6 Å². The van der Waals surface area contributed by atoms with Crippen molar-refractivity contribution in [3.05, 3.63) is 154 Å². The van der Waals surface area contributed by atoms with E-state index in [2.05, 4.69) is 130 Å². The molecule has 0 spiro atoms. The Kier molecular flexibility index (Phi) is 21.7. The van der Waals surface area contributed by atoms with E-state index in [9.17, 15) is 4.79 Å². The van der Waals surface area contributed by atoms with Gasteiger partial charge in [0, 0.05) is 84.4 Å². The molecule has 0 aromatic heterocycles. The second-order valence-corrected chi connectivity index (χ2v) is 18.8. The molecule has 3 saturated heterocycles. The van der Waals surface area contributed by atoms with Crippen molar-refractivity contribution < 1.29 is 33.6 Å². The van der Waals surface area contributed by atoms with Gasteiger partial charge in [0.1, 0.15) is 24.7 Å². The van der Waals surface area contributed by atoms with Crippen LogP contribution in [-0.2, 0) is 20.8 Å². The van der Waals surface area contributed by atoms with Gasteiger partial charge in [0.25, 0.3) is 0 Å². The number of anilines is 2. The Morgan fingerprint density at radius 3 is 1.84 bits per heavy atom. The first-order valence-corrected chi connectivity index (χ1v) is 24.9. The van der Waals surface area contributed by atoms with Gasteiger partial charge in [-0.05, 0) is 130 Å². The molecule has 3 fully saturated rings. The number of nitrogens with zero attached hydrogens (tertiary/aromatic N) is 3. The second kappa shape index (κ2) is 27.8. The molecule has 3 aliphatic heterocycles. The van der Waals surface area contributed by atoms with E-state index in [0.717, 1.165) is 73.7 Å². The summed E-state index contributed by atoms with van der Waals surface area (Å²) in [5.74, 6) is 1.63. The van der Waals surface area contributed by atoms with Gasteiger partial charge in [0.15, 0.2) is 11.9 Å². The molecule has 366 valence electrons. The Labute approximate surface area is 422 Å². The highest BCUT2D eigenvalue weighted by atomic mass is 35.5. The predicted molar refractivity (Wildman–Crippen MR) is 275 cm³/mol. The maximum Gasteiger partial charge on any atom is 0.405 e. The van der Waals surface area contributed by atoms with Gasteiger partial charge in [0.05, 0.1) is 25.3 Å². The van der Waals surface area contributed by atoms with E-state index in [1.54, 1.807) is 0 Å². The predicted octanol–water partition coefficient (Wildman–Crippen LogP) is 11.9. The van der Waals surface area contributed by atoms with Crippen LogP contribution in [0.3, 0.4) is 0 Å². The summed E-state index contributed by atoms with van der Waals surface area (Å²) in [5.41, 5.74) is 4.73. The molecule has 15 heteroatoms. The fraction of sp³-hybridized carbons (Fsp3) is 0.415. The lowest BCUT2D eigenvalue weighted by Crippen LogP contribution is -2.53. The molecule has 2 unspecified atom stereocenters. The molecule has 5 aromatic carbocycles. The minimum absolute atomic E-state index is 0.0235. The monoisotopic (exact) mass is 1010 g/mol. The number of hydrogen-bond donors (Lipinski definition) is 2. The number of aliphatic hydroxyl groups excluding tert-OH is 1. The van der Waals surface area contributed by atoms with Crippen molar-refractivity contribution in [2.45, 2.75) is 82.6 Å². The van der Waals surface area contributed by atoms with Crippen LogP contribution in [0.4, 0.5) is 16.2 Å². The number of alkyl halides is 1. The number of piperazine rings is 2. The third-order valence-corrected chi connectivity index (χ3v) is 12.5. The zero-order chi connectivity index (χ0) is 48.3. The molecule has 0 bridgehead atoms. The van der Waals surface area contributed by atoms with Crippen molar-refractivity contribution in [1.82, 2.24) is 10.2 Å². The topological polar surface area (TPSA) is 105 Å². The molecule has 68 heavy (non-hydrogen) atoms. The summed E-state index contributed by atoms with van der Waals surface area (Å²) < 4.78 is 26.9. The number of aliphatic hydroxyl groups is 1. The maximum atomic E-state index is 9.71. The molecule has 11 nitrogen and oxygen atoms in total.